The molecule has 0 bridgehead atoms. The van der Waals surface area contributed by atoms with Crippen molar-refractivity contribution >= 4 is 6.16 Å². The predicted molar refractivity (Wildman–Crippen MR) is 134 cm³/mol. The van der Waals surface area contributed by atoms with Gasteiger partial charge in [0.15, 0.2) is 0 Å². The molecule has 0 aliphatic heterocycles. The molecule has 33 heavy (non-hydrogen) atoms. The molecule has 4 aliphatic rings. The van der Waals surface area contributed by atoms with E-state index in [1.165, 1.54) is 57.8 Å². The Hall–Kier alpha value is -1.03. The normalized spacial score (nSPS) is 40.5. The van der Waals surface area contributed by atoms with E-state index in [4.69, 9.17) is 9.90 Å². The van der Waals surface area contributed by atoms with Crippen molar-refractivity contribution in [3.63, 3.8) is 0 Å². The summed E-state index contributed by atoms with van der Waals surface area (Å²) in [4.78, 5) is 9.15. The van der Waals surface area contributed by atoms with Gasteiger partial charge in [0, 0.05) is 0 Å². The molecule has 0 heterocycles. The maximum absolute atomic E-state index is 10.2. The summed E-state index contributed by atoms with van der Waals surface area (Å²) in [5.41, 5.74) is 2.60. The van der Waals surface area contributed by atoms with Crippen LogP contribution in [0.5, 0.6) is 0 Å². The van der Waals surface area contributed by atoms with Crippen LogP contribution in [0.15, 0.2) is 11.6 Å². The summed E-state index contributed by atoms with van der Waals surface area (Å²) in [6.07, 6.45) is 15.9. The van der Waals surface area contributed by atoms with Gasteiger partial charge in [-0.3, -0.25) is 0 Å². The lowest BCUT2D eigenvalue weighted by Crippen LogP contribution is -2.50. The first kappa shape index (κ1) is 26.6. The van der Waals surface area contributed by atoms with Crippen LogP contribution in [0.3, 0.4) is 0 Å². The van der Waals surface area contributed by atoms with Crippen molar-refractivity contribution in [3.05, 3.63) is 11.6 Å². The molecule has 0 aromatic carbocycles. The number of carboxylic acid groups (broad SMARTS) is 1. The van der Waals surface area contributed by atoms with Gasteiger partial charge in [-0.25, -0.2) is 4.79 Å². The van der Waals surface area contributed by atoms with Crippen LogP contribution in [-0.4, -0.2) is 29.6 Å². The van der Waals surface area contributed by atoms with Gasteiger partial charge in [-0.05, 0) is 97.7 Å². The third kappa shape index (κ3) is 5.46. The Bertz CT molecular complexity index is 700. The third-order valence-corrected chi connectivity index (χ3v) is 10.5. The molecular formula is C29H50O4. The van der Waals surface area contributed by atoms with Crippen molar-refractivity contribution in [1.29, 1.82) is 0 Å². The second-order valence-corrected chi connectivity index (χ2v) is 12.7. The summed E-state index contributed by atoms with van der Waals surface area (Å²) < 4.78 is 3.67. The molecule has 190 valence electrons. The quantitative estimate of drug-likeness (QED) is 0.324. The van der Waals surface area contributed by atoms with Gasteiger partial charge in [-0.1, -0.05) is 65.5 Å². The zero-order valence-electron chi connectivity index (χ0n) is 22.1. The van der Waals surface area contributed by atoms with E-state index in [0.29, 0.717) is 10.8 Å². The fourth-order valence-corrected chi connectivity index (χ4v) is 8.67. The smallest absolute Gasteiger partial charge is 0.450 e. The lowest BCUT2D eigenvalue weighted by atomic mass is 9.47. The number of carbonyl (C=O) groups is 1. The summed E-state index contributed by atoms with van der Waals surface area (Å²) in [5.74, 6) is 5.46. The van der Waals surface area contributed by atoms with Crippen molar-refractivity contribution in [1.82, 2.24) is 0 Å². The van der Waals surface area contributed by atoms with E-state index in [-0.39, 0.29) is 6.10 Å². The van der Waals surface area contributed by atoms with E-state index in [9.17, 15) is 5.11 Å². The fraction of sp³-hybridized carbons (Fsp3) is 0.897. The molecule has 4 aliphatic carbocycles. The van der Waals surface area contributed by atoms with Gasteiger partial charge in [-0.2, -0.15) is 0 Å². The minimum atomic E-state index is -1.25. The lowest BCUT2D eigenvalue weighted by molar-refractivity contribution is -0.0573. The molecule has 4 nitrogen and oxygen atoms in total. The van der Waals surface area contributed by atoms with Gasteiger partial charge in [0.1, 0.15) is 0 Å². The first-order chi connectivity index (χ1) is 15.5. The molecule has 3 saturated carbocycles. The Kier molecular flexibility index (Phi) is 8.62. The van der Waals surface area contributed by atoms with E-state index in [1.54, 1.807) is 5.57 Å². The van der Waals surface area contributed by atoms with Crippen LogP contribution >= 0.6 is 0 Å². The standard InChI is InChI=1S/C27H46O.C2H4O3/c1-18(2)7-6-8-19(3)23-11-12-24-22-10-9-20-17-21(28)13-15-26(20,4)25(22)14-16-27(23,24)5;1-5-2(3)4/h9,18-19,21-25,28H,6-8,10-17H2,1-5H3;1H3,(H,3,4)/t19-,21+,22+,23-,24+,25+,26+,27-;/m1./s1. The third-order valence-electron chi connectivity index (χ3n) is 10.5. The summed E-state index contributed by atoms with van der Waals surface area (Å²) >= 11 is 0. The summed E-state index contributed by atoms with van der Waals surface area (Å²) in [6.45, 7) is 12.6. The van der Waals surface area contributed by atoms with Gasteiger partial charge in [-0.15, -0.1) is 0 Å². The first-order valence-corrected chi connectivity index (χ1v) is 13.7. The number of rotatable bonds is 5. The molecule has 0 aromatic heterocycles. The molecule has 2 N–H and O–H groups in total. The van der Waals surface area contributed by atoms with Crippen LogP contribution in [0.4, 0.5) is 4.79 Å². The largest absolute Gasteiger partial charge is 0.505 e. The van der Waals surface area contributed by atoms with Crippen molar-refractivity contribution in [2.45, 2.75) is 111 Å². The minimum absolute atomic E-state index is 0.0766. The minimum Gasteiger partial charge on any atom is -0.450 e. The van der Waals surface area contributed by atoms with E-state index < -0.39 is 6.16 Å². The Morgan fingerprint density at radius 2 is 1.79 bits per heavy atom. The summed E-state index contributed by atoms with van der Waals surface area (Å²) in [5, 5.41) is 17.7. The average molecular weight is 463 g/mol. The van der Waals surface area contributed by atoms with Gasteiger partial charge in [0.25, 0.3) is 0 Å². The highest BCUT2D eigenvalue weighted by Gasteiger charge is 2.59. The molecule has 0 radical (unpaired) electrons. The van der Waals surface area contributed by atoms with Crippen LogP contribution in [0.1, 0.15) is 105 Å². The Balaban J connectivity index is 0.000000555. The van der Waals surface area contributed by atoms with Crippen LogP contribution in [0, 0.1) is 46.3 Å². The average Bonchev–Trinajstić information content (AvgIpc) is 3.11. The fourth-order valence-electron chi connectivity index (χ4n) is 8.67. The summed E-state index contributed by atoms with van der Waals surface area (Å²) in [6, 6.07) is 0. The van der Waals surface area contributed by atoms with E-state index in [0.717, 1.165) is 55.5 Å². The van der Waals surface area contributed by atoms with Crippen molar-refractivity contribution in [2.75, 3.05) is 7.11 Å². The lowest BCUT2D eigenvalue weighted by Gasteiger charge is -2.58. The molecule has 4 rings (SSSR count). The highest BCUT2D eigenvalue weighted by atomic mass is 16.6. The van der Waals surface area contributed by atoms with E-state index in [2.05, 4.69) is 45.4 Å². The zero-order valence-corrected chi connectivity index (χ0v) is 22.1. The van der Waals surface area contributed by atoms with Gasteiger partial charge >= 0.3 is 6.16 Å². The number of methoxy groups -OCH3 is 1. The molecule has 8 atom stereocenters. The Morgan fingerprint density at radius 3 is 2.42 bits per heavy atom. The second-order valence-electron chi connectivity index (χ2n) is 12.7. The molecular weight excluding hydrogens is 412 g/mol. The van der Waals surface area contributed by atoms with E-state index in [1.807, 2.05) is 0 Å². The first-order valence-electron chi connectivity index (χ1n) is 13.7. The molecule has 4 heteroatoms. The number of aliphatic hydroxyl groups excluding tert-OH is 1. The monoisotopic (exact) mass is 462 g/mol. The molecule has 0 unspecified atom stereocenters. The topological polar surface area (TPSA) is 66.8 Å². The molecule has 0 spiro atoms. The van der Waals surface area contributed by atoms with Crippen LogP contribution in [0.25, 0.3) is 0 Å². The van der Waals surface area contributed by atoms with Crippen molar-refractivity contribution in [3.8, 4) is 0 Å². The molecule has 3 fully saturated rings. The van der Waals surface area contributed by atoms with Crippen molar-refractivity contribution in [2.24, 2.45) is 46.3 Å². The van der Waals surface area contributed by atoms with Gasteiger partial charge in [0.05, 0.1) is 13.2 Å². The SMILES string of the molecule is CC(C)CCC[C@@H](C)[C@H]1CC[C@H]2[C@@H]3CC=C4C[C@@H](O)CC[C@]4(C)[C@H]3CC[C@]12C.COC(=O)O. The number of hydrogen-bond donors (Lipinski definition) is 2. The Morgan fingerprint density at radius 1 is 1.09 bits per heavy atom. The highest BCUT2D eigenvalue weighted by Crippen LogP contribution is 2.67. The van der Waals surface area contributed by atoms with Crippen LogP contribution < -0.4 is 0 Å². The molecule has 0 saturated heterocycles. The highest BCUT2D eigenvalue weighted by molar-refractivity contribution is 5.56. The zero-order chi connectivity index (χ0) is 24.4. The summed E-state index contributed by atoms with van der Waals surface area (Å²) in [7, 11) is 1.10. The number of aliphatic hydroxyl groups is 1. The predicted octanol–water partition coefficient (Wildman–Crippen LogP) is 7.70. The molecule has 0 amide bonds. The number of fused-ring (bicyclic) bond motifs is 5. The van der Waals surface area contributed by atoms with Gasteiger partial charge in [0.2, 0.25) is 0 Å². The maximum atomic E-state index is 10.2. The molecule has 0 aromatic rings. The van der Waals surface area contributed by atoms with E-state index >= 15 is 0 Å². The number of hydrogen-bond acceptors (Lipinski definition) is 3. The van der Waals surface area contributed by atoms with Crippen molar-refractivity contribution < 1.29 is 19.7 Å². The second kappa shape index (κ2) is 10.7. The number of allylic oxidation sites excluding steroid dienone is 1. The van der Waals surface area contributed by atoms with Crippen LogP contribution in [0.2, 0.25) is 0 Å². The maximum Gasteiger partial charge on any atom is 0.505 e. The van der Waals surface area contributed by atoms with Gasteiger partial charge < -0.3 is 14.9 Å². The number of ether oxygens (including phenoxy) is 1. The Labute approximate surface area is 202 Å². The van der Waals surface area contributed by atoms with Crippen LogP contribution in [-0.2, 0) is 4.74 Å².